The monoisotopic (exact) mass is 460 g/mol. The number of hydrogen-bond donors (Lipinski definition) is 9. The Kier molecular flexibility index (Phi) is 14.3. The van der Waals surface area contributed by atoms with Gasteiger partial charge < -0.3 is 49.1 Å². The number of nitrogens with two attached hydrogens (primary N) is 4. The zero-order valence-corrected chi connectivity index (χ0v) is 18.3. The summed E-state index contributed by atoms with van der Waals surface area (Å²) in [6.07, 6.45) is 0.696. The van der Waals surface area contributed by atoms with Gasteiger partial charge >= 0.3 is 5.97 Å². The highest BCUT2D eigenvalue weighted by Gasteiger charge is 2.29. The number of nitrogens with zero attached hydrogens (tertiary/aromatic N) is 1. The Labute approximate surface area is 186 Å². The van der Waals surface area contributed by atoms with E-state index in [2.05, 4.69) is 20.9 Å². The summed E-state index contributed by atoms with van der Waals surface area (Å²) < 4.78 is 0. The Hall–Kier alpha value is -2.97. The van der Waals surface area contributed by atoms with Gasteiger partial charge in [0.15, 0.2) is 12.0 Å². The Bertz CT molecular complexity index is 653. The lowest BCUT2D eigenvalue weighted by atomic mass is 10.1. The van der Waals surface area contributed by atoms with E-state index in [1.165, 1.54) is 6.92 Å². The first-order valence-electron chi connectivity index (χ1n) is 10.3. The third kappa shape index (κ3) is 12.7. The molecule has 0 radical (unpaired) electrons. The lowest BCUT2D eigenvalue weighted by Gasteiger charge is -2.23. The van der Waals surface area contributed by atoms with Crippen LogP contribution in [0.25, 0.3) is 0 Å². The zero-order chi connectivity index (χ0) is 24.7. The summed E-state index contributed by atoms with van der Waals surface area (Å²) in [5.41, 5.74) is 21.6. The second-order valence-corrected chi connectivity index (χ2v) is 7.24. The van der Waals surface area contributed by atoms with Gasteiger partial charge in [0.1, 0.15) is 6.04 Å². The van der Waals surface area contributed by atoms with Gasteiger partial charge in [0.05, 0.1) is 18.7 Å². The number of rotatable bonds is 16. The molecule has 3 amide bonds. The van der Waals surface area contributed by atoms with Crippen molar-refractivity contribution < 1.29 is 29.4 Å². The Morgan fingerprint density at radius 3 is 2.19 bits per heavy atom. The normalized spacial score (nSPS) is 14.4. The lowest BCUT2D eigenvalue weighted by molar-refractivity contribution is -0.145. The highest BCUT2D eigenvalue weighted by atomic mass is 16.4. The standard InChI is InChI=1S/C18H36N8O6/c1-10(27)14(17(31)32)26-16(30)12(6-2-3-7-19)25-13(28)9-24-15(29)11(20)5-4-8-23-18(21)22/h10-12,14,27H,2-9,19-20H2,1H3,(H,24,29)(H,25,28)(H,26,30)(H,31,32)(H4,21,22,23). The van der Waals surface area contributed by atoms with Gasteiger partial charge in [0, 0.05) is 6.54 Å². The molecule has 0 aromatic heterocycles. The number of carbonyl (C=O) groups excluding carboxylic acids is 3. The third-order valence-corrected chi connectivity index (χ3v) is 4.37. The van der Waals surface area contributed by atoms with Gasteiger partial charge in [0.25, 0.3) is 0 Å². The number of guanidine groups is 1. The average molecular weight is 461 g/mol. The molecule has 0 aliphatic carbocycles. The molecule has 0 saturated carbocycles. The first kappa shape index (κ1) is 29.0. The van der Waals surface area contributed by atoms with Crippen LogP contribution in [0.3, 0.4) is 0 Å². The van der Waals surface area contributed by atoms with Crippen LogP contribution in [0, 0.1) is 0 Å². The number of nitrogens with one attached hydrogen (secondary N) is 3. The number of aliphatic imine (C=N–C) groups is 1. The van der Waals surface area contributed by atoms with Gasteiger partial charge in [-0.25, -0.2) is 4.79 Å². The molecule has 0 fully saturated rings. The number of carboxylic acid groups (broad SMARTS) is 1. The zero-order valence-electron chi connectivity index (χ0n) is 18.3. The highest BCUT2D eigenvalue weighted by molar-refractivity contribution is 5.92. The Morgan fingerprint density at radius 2 is 1.66 bits per heavy atom. The van der Waals surface area contributed by atoms with Crippen LogP contribution in [0.2, 0.25) is 0 Å². The first-order valence-corrected chi connectivity index (χ1v) is 10.3. The smallest absolute Gasteiger partial charge is 0.328 e. The number of aliphatic carboxylic acids is 1. The third-order valence-electron chi connectivity index (χ3n) is 4.37. The van der Waals surface area contributed by atoms with E-state index in [4.69, 9.17) is 28.0 Å². The number of carbonyl (C=O) groups is 4. The summed E-state index contributed by atoms with van der Waals surface area (Å²) in [5, 5.41) is 25.7. The molecule has 0 saturated heterocycles. The number of hydrogen-bond acceptors (Lipinski definition) is 8. The molecule has 0 aromatic carbocycles. The van der Waals surface area contributed by atoms with Crippen LogP contribution in [0.5, 0.6) is 0 Å². The van der Waals surface area contributed by atoms with Crippen molar-refractivity contribution in [2.75, 3.05) is 19.6 Å². The predicted octanol–water partition coefficient (Wildman–Crippen LogP) is -3.95. The molecule has 0 heterocycles. The second-order valence-electron chi connectivity index (χ2n) is 7.24. The van der Waals surface area contributed by atoms with Crippen molar-refractivity contribution in [2.45, 2.75) is 63.3 Å². The number of unbranched alkanes of at least 4 members (excludes halogenated alkanes) is 1. The summed E-state index contributed by atoms with van der Waals surface area (Å²) >= 11 is 0. The summed E-state index contributed by atoms with van der Waals surface area (Å²) in [6.45, 7) is 1.48. The van der Waals surface area contributed by atoms with Gasteiger partial charge in [-0.2, -0.15) is 0 Å². The molecule has 0 aromatic rings. The summed E-state index contributed by atoms with van der Waals surface area (Å²) in [4.78, 5) is 51.7. The molecule has 14 heteroatoms. The van der Waals surface area contributed by atoms with Gasteiger partial charge in [-0.15, -0.1) is 0 Å². The molecule has 0 aliphatic heterocycles. The van der Waals surface area contributed by atoms with Crippen molar-refractivity contribution in [2.24, 2.45) is 27.9 Å². The van der Waals surface area contributed by atoms with Crippen molar-refractivity contribution in [3.8, 4) is 0 Å². The molecule has 14 nitrogen and oxygen atoms in total. The van der Waals surface area contributed by atoms with Gasteiger partial charge in [-0.05, 0) is 45.6 Å². The van der Waals surface area contributed by atoms with Crippen molar-refractivity contribution in [3.63, 3.8) is 0 Å². The molecule has 0 spiro atoms. The number of carboxylic acids is 1. The van der Waals surface area contributed by atoms with Crippen LogP contribution in [0.1, 0.15) is 39.0 Å². The van der Waals surface area contributed by atoms with Crippen molar-refractivity contribution in [1.82, 2.24) is 16.0 Å². The Morgan fingerprint density at radius 1 is 1.00 bits per heavy atom. The van der Waals surface area contributed by atoms with E-state index in [0.717, 1.165) is 0 Å². The van der Waals surface area contributed by atoms with Crippen LogP contribution in [-0.4, -0.2) is 83.7 Å². The van der Waals surface area contributed by atoms with E-state index in [1.54, 1.807) is 0 Å². The minimum absolute atomic E-state index is 0.0622. The number of amides is 3. The molecule has 32 heavy (non-hydrogen) atoms. The Balaban J connectivity index is 4.76. The van der Waals surface area contributed by atoms with Gasteiger partial charge in [-0.3, -0.25) is 19.4 Å². The molecular formula is C18H36N8O6. The summed E-state index contributed by atoms with van der Waals surface area (Å²) in [6, 6.07) is -3.48. The van der Waals surface area contributed by atoms with E-state index in [1.807, 2.05) is 0 Å². The van der Waals surface area contributed by atoms with E-state index < -0.39 is 54.5 Å². The maximum absolute atomic E-state index is 12.5. The van der Waals surface area contributed by atoms with Gasteiger partial charge in [0.2, 0.25) is 17.7 Å². The molecule has 4 atom stereocenters. The van der Waals surface area contributed by atoms with Crippen molar-refractivity contribution >= 4 is 29.7 Å². The van der Waals surface area contributed by atoms with E-state index in [-0.39, 0.29) is 12.4 Å². The van der Waals surface area contributed by atoms with Crippen molar-refractivity contribution in [1.29, 1.82) is 0 Å². The lowest BCUT2D eigenvalue weighted by Crippen LogP contribution is -2.56. The number of aliphatic hydroxyl groups is 1. The fourth-order valence-corrected chi connectivity index (χ4v) is 2.60. The molecule has 13 N–H and O–H groups in total. The van der Waals surface area contributed by atoms with E-state index >= 15 is 0 Å². The molecule has 0 rings (SSSR count). The second kappa shape index (κ2) is 15.8. The van der Waals surface area contributed by atoms with E-state index in [0.29, 0.717) is 38.8 Å². The fourth-order valence-electron chi connectivity index (χ4n) is 2.60. The van der Waals surface area contributed by atoms with Gasteiger partial charge in [-0.1, -0.05) is 0 Å². The number of aliphatic hydroxyl groups excluding tert-OH is 1. The fraction of sp³-hybridized carbons (Fsp3) is 0.722. The highest BCUT2D eigenvalue weighted by Crippen LogP contribution is 2.03. The van der Waals surface area contributed by atoms with E-state index in [9.17, 15) is 24.3 Å². The largest absolute Gasteiger partial charge is 0.480 e. The average Bonchev–Trinajstić information content (AvgIpc) is 2.71. The predicted molar refractivity (Wildman–Crippen MR) is 117 cm³/mol. The molecule has 4 unspecified atom stereocenters. The topological polar surface area (TPSA) is 261 Å². The summed E-state index contributed by atoms with van der Waals surface area (Å²) in [5.74, 6) is -3.47. The van der Waals surface area contributed by atoms with Crippen molar-refractivity contribution in [3.05, 3.63) is 0 Å². The van der Waals surface area contributed by atoms with Crippen LogP contribution in [0.15, 0.2) is 4.99 Å². The van der Waals surface area contributed by atoms with Crippen LogP contribution in [0.4, 0.5) is 0 Å². The van der Waals surface area contributed by atoms with Crippen LogP contribution < -0.4 is 38.9 Å². The SMILES string of the molecule is CC(O)C(NC(=O)C(CCCCN)NC(=O)CNC(=O)C(N)CCCN=C(N)N)C(=O)O. The quantitative estimate of drug-likeness (QED) is 0.0612. The summed E-state index contributed by atoms with van der Waals surface area (Å²) in [7, 11) is 0. The first-order chi connectivity index (χ1) is 15.0. The maximum atomic E-state index is 12.5. The minimum Gasteiger partial charge on any atom is -0.480 e. The maximum Gasteiger partial charge on any atom is 0.328 e. The van der Waals surface area contributed by atoms with Crippen LogP contribution in [-0.2, 0) is 19.2 Å². The van der Waals surface area contributed by atoms with Crippen LogP contribution >= 0.6 is 0 Å². The molecular weight excluding hydrogens is 424 g/mol. The molecule has 0 aliphatic rings. The molecule has 0 bridgehead atoms. The minimum atomic E-state index is -1.53. The molecule has 184 valence electrons.